The minimum Gasteiger partial charge on any atom is -0.369 e. The van der Waals surface area contributed by atoms with Gasteiger partial charge in [-0.2, -0.15) is 5.10 Å². The van der Waals surface area contributed by atoms with E-state index in [1.165, 1.54) is 12.1 Å². The lowest BCUT2D eigenvalue weighted by Crippen LogP contribution is -2.08. The molecule has 3 rings (SSSR count). The van der Waals surface area contributed by atoms with Gasteiger partial charge in [-0.15, -0.1) is 0 Å². The zero-order valence-electron chi connectivity index (χ0n) is 11.5. The summed E-state index contributed by atoms with van der Waals surface area (Å²) in [4.78, 5) is 4.40. The molecule has 5 nitrogen and oxygen atoms in total. The summed E-state index contributed by atoms with van der Waals surface area (Å²) < 4.78 is 16.6. The number of imidazole rings is 1. The molecule has 2 heterocycles. The summed E-state index contributed by atoms with van der Waals surface area (Å²) in [5, 5.41) is 4.44. The molecular formula is C14H16FN5. The first-order valence-corrected chi connectivity index (χ1v) is 6.52. The molecule has 6 heteroatoms. The summed E-state index contributed by atoms with van der Waals surface area (Å²) in [6.45, 7) is 2.59. The summed E-state index contributed by atoms with van der Waals surface area (Å²) in [6.07, 6.45) is 0.810. The largest absolute Gasteiger partial charge is 0.369 e. The predicted octanol–water partition coefficient (Wildman–Crippen LogP) is 2.10. The van der Waals surface area contributed by atoms with Crippen LogP contribution in [0.15, 0.2) is 24.3 Å². The number of aryl methyl sites for hydroxylation is 2. The van der Waals surface area contributed by atoms with Crippen LogP contribution in [0.3, 0.4) is 0 Å². The predicted molar refractivity (Wildman–Crippen MR) is 75.8 cm³/mol. The third-order valence-corrected chi connectivity index (χ3v) is 3.41. The zero-order valence-corrected chi connectivity index (χ0v) is 11.5. The van der Waals surface area contributed by atoms with Crippen LogP contribution in [-0.4, -0.2) is 19.3 Å². The van der Waals surface area contributed by atoms with E-state index in [1.807, 2.05) is 18.5 Å². The average Bonchev–Trinajstić information content (AvgIpc) is 2.91. The van der Waals surface area contributed by atoms with E-state index in [0.717, 1.165) is 28.8 Å². The molecule has 0 fully saturated rings. The molecule has 1 aromatic carbocycles. The van der Waals surface area contributed by atoms with Crippen molar-refractivity contribution in [1.29, 1.82) is 0 Å². The van der Waals surface area contributed by atoms with Gasteiger partial charge in [0.25, 0.3) is 0 Å². The van der Waals surface area contributed by atoms with Gasteiger partial charge in [0, 0.05) is 7.05 Å². The Morgan fingerprint density at radius 1 is 1.25 bits per heavy atom. The van der Waals surface area contributed by atoms with Gasteiger partial charge in [0.1, 0.15) is 11.3 Å². The standard InChI is InChI=1S/C14H16FN5/c1-3-11-12-13(19(2)18-11)20(14(16)17-12)8-9-4-6-10(15)7-5-9/h4-7H,3,8H2,1-2H3,(H2,16,17). The molecular weight excluding hydrogens is 257 g/mol. The highest BCUT2D eigenvalue weighted by atomic mass is 19.1. The van der Waals surface area contributed by atoms with E-state index in [2.05, 4.69) is 10.1 Å². The third kappa shape index (κ3) is 1.93. The molecule has 104 valence electrons. The first kappa shape index (κ1) is 12.7. The lowest BCUT2D eigenvalue weighted by Gasteiger charge is -2.07. The first-order valence-electron chi connectivity index (χ1n) is 6.52. The van der Waals surface area contributed by atoms with E-state index in [4.69, 9.17) is 5.73 Å². The maximum Gasteiger partial charge on any atom is 0.202 e. The number of fused-ring (bicyclic) bond motifs is 1. The molecule has 0 radical (unpaired) electrons. The van der Waals surface area contributed by atoms with E-state index in [-0.39, 0.29) is 5.82 Å². The average molecular weight is 273 g/mol. The third-order valence-electron chi connectivity index (χ3n) is 3.41. The lowest BCUT2D eigenvalue weighted by atomic mass is 10.2. The maximum atomic E-state index is 13.0. The van der Waals surface area contributed by atoms with Gasteiger partial charge in [-0.1, -0.05) is 19.1 Å². The van der Waals surface area contributed by atoms with Crippen LogP contribution in [0.2, 0.25) is 0 Å². The minimum absolute atomic E-state index is 0.244. The summed E-state index contributed by atoms with van der Waals surface area (Å²) in [5.74, 6) is 0.207. The van der Waals surface area contributed by atoms with E-state index in [1.54, 1.807) is 16.8 Å². The van der Waals surface area contributed by atoms with E-state index in [0.29, 0.717) is 12.5 Å². The van der Waals surface area contributed by atoms with Crippen LogP contribution in [0.1, 0.15) is 18.2 Å². The molecule has 20 heavy (non-hydrogen) atoms. The van der Waals surface area contributed by atoms with Crippen LogP contribution >= 0.6 is 0 Å². The molecule has 0 amide bonds. The molecule has 0 saturated carbocycles. The number of anilines is 1. The number of nitrogens with two attached hydrogens (primary N) is 1. The Balaban J connectivity index is 2.09. The van der Waals surface area contributed by atoms with Gasteiger partial charge in [-0.3, -0.25) is 9.25 Å². The quantitative estimate of drug-likeness (QED) is 0.795. The fraction of sp³-hybridized carbons (Fsp3) is 0.286. The highest BCUT2D eigenvalue weighted by molar-refractivity contribution is 5.77. The molecule has 0 saturated heterocycles. The van der Waals surface area contributed by atoms with Gasteiger partial charge in [-0.25, -0.2) is 9.37 Å². The van der Waals surface area contributed by atoms with Gasteiger partial charge in [0.15, 0.2) is 5.65 Å². The minimum atomic E-state index is -0.244. The van der Waals surface area contributed by atoms with Gasteiger partial charge >= 0.3 is 0 Å². The molecule has 0 aliphatic carbocycles. The second kappa shape index (κ2) is 4.63. The van der Waals surface area contributed by atoms with Gasteiger partial charge in [0.2, 0.25) is 5.95 Å². The SMILES string of the molecule is CCc1nn(C)c2c1nc(N)n2Cc1ccc(F)cc1. The molecule has 0 unspecified atom stereocenters. The van der Waals surface area contributed by atoms with E-state index in [9.17, 15) is 4.39 Å². The van der Waals surface area contributed by atoms with E-state index < -0.39 is 0 Å². The Bertz CT molecular complexity index is 754. The first-order chi connectivity index (χ1) is 9.60. The lowest BCUT2D eigenvalue weighted by molar-refractivity contribution is 0.626. The molecule has 3 aromatic rings. The number of hydrogen-bond acceptors (Lipinski definition) is 3. The van der Waals surface area contributed by atoms with Crippen molar-refractivity contribution in [3.63, 3.8) is 0 Å². The van der Waals surface area contributed by atoms with Gasteiger partial charge in [0.05, 0.1) is 12.2 Å². The van der Waals surface area contributed by atoms with Crippen molar-refractivity contribution >= 4 is 17.1 Å². The van der Waals surface area contributed by atoms with Crippen molar-refractivity contribution in [1.82, 2.24) is 19.3 Å². The normalized spacial score (nSPS) is 11.3. The number of nitrogen functional groups attached to an aromatic ring is 1. The van der Waals surface area contributed by atoms with Crippen molar-refractivity contribution in [2.45, 2.75) is 19.9 Å². The van der Waals surface area contributed by atoms with Crippen molar-refractivity contribution in [2.75, 3.05) is 5.73 Å². The second-order valence-corrected chi connectivity index (χ2v) is 4.78. The highest BCUT2D eigenvalue weighted by Crippen LogP contribution is 2.22. The van der Waals surface area contributed by atoms with Crippen LogP contribution in [0.25, 0.3) is 11.2 Å². The second-order valence-electron chi connectivity index (χ2n) is 4.78. The Kier molecular flexibility index (Phi) is 2.93. The highest BCUT2D eigenvalue weighted by Gasteiger charge is 2.16. The number of nitrogens with zero attached hydrogens (tertiary/aromatic N) is 4. The van der Waals surface area contributed by atoms with E-state index >= 15 is 0 Å². The Morgan fingerprint density at radius 3 is 2.60 bits per heavy atom. The van der Waals surface area contributed by atoms with Crippen LogP contribution in [0.5, 0.6) is 0 Å². The van der Waals surface area contributed by atoms with Gasteiger partial charge in [-0.05, 0) is 24.1 Å². The number of aromatic nitrogens is 4. The van der Waals surface area contributed by atoms with Crippen LogP contribution in [0.4, 0.5) is 10.3 Å². The molecule has 0 bridgehead atoms. The molecule has 0 spiro atoms. The van der Waals surface area contributed by atoms with Crippen LogP contribution in [0, 0.1) is 5.82 Å². The summed E-state index contributed by atoms with van der Waals surface area (Å²) in [7, 11) is 1.88. The fourth-order valence-corrected chi connectivity index (χ4v) is 2.43. The molecule has 0 atom stereocenters. The number of hydrogen-bond donors (Lipinski definition) is 1. The maximum absolute atomic E-state index is 13.0. The number of rotatable bonds is 3. The molecule has 2 N–H and O–H groups in total. The smallest absolute Gasteiger partial charge is 0.202 e. The summed E-state index contributed by atoms with van der Waals surface area (Å²) in [6, 6.07) is 6.39. The Morgan fingerprint density at radius 2 is 1.95 bits per heavy atom. The van der Waals surface area contributed by atoms with Crippen molar-refractivity contribution in [2.24, 2.45) is 7.05 Å². The summed E-state index contributed by atoms with van der Waals surface area (Å²) in [5.41, 5.74) is 9.65. The molecule has 0 aliphatic rings. The monoisotopic (exact) mass is 273 g/mol. The van der Waals surface area contributed by atoms with Crippen LogP contribution < -0.4 is 5.73 Å². The Labute approximate surface area is 115 Å². The zero-order chi connectivity index (χ0) is 14.3. The van der Waals surface area contributed by atoms with Crippen molar-refractivity contribution < 1.29 is 4.39 Å². The molecule has 0 aliphatic heterocycles. The fourth-order valence-electron chi connectivity index (χ4n) is 2.43. The molecule has 2 aromatic heterocycles. The number of halogens is 1. The number of benzene rings is 1. The Hall–Kier alpha value is -2.37. The topological polar surface area (TPSA) is 61.7 Å². The summed E-state index contributed by atoms with van der Waals surface area (Å²) >= 11 is 0. The van der Waals surface area contributed by atoms with Crippen LogP contribution in [-0.2, 0) is 20.0 Å². The van der Waals surface area contributed by atoms with Crippen molar-refractivity contribution in [3.05, 3.63) is 41.3 Å². The van der Waals surface area contributed by atoms with Gasteiger partial charge < -0.3 is 5.73 Å². The van der Waals surface area contributed by atoms with Crippen molar-refractivity contribution in [3.8, 4) is 0 Å².